The van der Waals surface area contributed by atoms with Gasteiger partial charge in [-0.2, -0.15) is 0 Å². The zero-order chi connectivity index (χ0) is 13.9. The Labute approximate surface area is 111 Å². The first-order chi connectivity index (χ1) is 8.36. The third kappa shape index (κ3) is 3.30. The van der Waals surface area contributed by atoms with Crippen molar-refractivity contribution in [2.45, 2.75) is 26.9 Å². The van der Waals surface area contributed by atoms with Crippen LogP contribution in [0.15, 0.2) is 18.2 Å². The fourth-order valence-electron chi connectivity index (χ4n) is 1.61. The highest BCUT2D eigenvalue weighted by atomic mass is 32.1. The van der Waals surface area contributed by atoms with E-state index in [1.54, 1.807) is 6.92 Å². The molecule has 0 saturated heterocycles. The molecule has 0 saturated carbocycles. The smallest absolute Gasteiger partial charge is 0.304 e. The van der Waals surface area contributed by atoms with Crippen molar-refractivity contribution in [1.82, 2.24) is 0 Å². The number of nitrogens with zero attached hydrogens (tertiary/aromatic N) is 2. The first-order valence-corrected chi connectivity index (χ1v) is 6.54. The molecule has 0 aliphatic heterocycles. The SMILES string of the molecule is C=C(C)CN(CC)c1sc(C(C)O)cc1[N+](=O)[O-]. The summed E-state index contributed by atoms with van der Waals surface area (Å²) in [4.78, 5) is 13.1. The molecular weight excluding hydrogens is 252 g/mol. The van der Waals surface area contributed by atoms with Gasteiger partial charge in [0.05, 0.1) is 11.0 Å². The van der Waals surface area contributed by atoms with E-state index >= 15 is 0 Å². The lowest BCUT2D eigenvalue weighted by atomic mass is 10.3. The molecule has 1 N–H and O–H groups in total. The largest absolute Gasteiger partial charge is 0.388 e. The minimum absolute atomic E-state index is 0.0546. The summed E-state index contributed by atoms with van der Waals surface area (Å²) < 4.78 is 0. The number of hydrogen-bond acceptors (Lipinski definition) is 5. The Kier molecular flexibility index (Phi) is 4.86. The Bertz CT molecular complexity index is 454. The van der Waals surface area contributed by atoms with Crippen molar-refractivity contribution >= 4 is 22.0 Å². The molecule has 0 fully saturated rings. The average molecular weight is 270 g/mol. The maximum atomic E-state index is 11.0. The minimum Gasteiger partial charge on any atom is -0.388 e. The summed E-state index contributed by atoms with van der Waals surface area (Å²) in [5, 5.41) is 21.2. The van der Waals surface area contributed by atoms with Gasteiger partial charge in [0.1, 0.15) is 0 Å². The molecule has 0 bridgehead atoms. The number of rotatable bonds is 6. The third-order valence-electron chi connectivity index (χ3n) is 2.45. The molecule has 0 aliphatic rings. The van der Waals surface area contributed by atoms with Crippen LogP contribution in [0.2, 0.25) is 0 Å². The van der Waals surface area contributed by atoms with Gasteiger partial charge in [0.2, 0.25) is 0 Å². The predicted octanol–water partition coefficient (Wildman–Crippen LogP) is 3.11. The Morgan fingerprint density at radius 1 is 1.72 bits per heavy atom. The molecular formula is C12H18N2O3S. The summed E-state index contributed by atoms with van der Waals surface area (Å²) in [6.07, 6.45) is -0.689. The molecule has 1 heterocycles. The van der Waals surface area contributed by atoms with Gasteiger partial charge >= 0.3 is 5.69 Å². The van der Waals surface area contributed by atoms with Gasteiger partial charge in [-0.1, -0.05) is 12.2 Å². The second kappa shape index (κ2) is 5.97. The van der Waals surface area contributed by atoms with Crippen LogP contribution in [0.5, 0.6) is 0 Å². The Morgan fingerprint density at radius 3 is 2.72 bits per heavy atom. The van der Waals surface area contributed by atoms with E-state index in [1.807, 2.05) is 18.7 Å². The number of likely N-dealkylation sites (N-methyl/N-ethyl adjacent to an activating group) is 1. The van der Waals surface area contributed by atoms with E-state index in [0.717, 1.165) is 5.57 Å². The van der Waals surface area contributed by atoms with E-state index in [-0.39, 0.29) is 5.69 Å². The van der Waals surface area contributed by atoms with Crippen LogP contribution < -0.4 is 4.90 Å². The summed E-state index contributed by atoms with van der Waals surface area (Å²) >= 11 is 1.26. The molecule has 1 aromatic heterocycles. The van der Waals surface area contributed by atoms with Gasteiger partial charge in [0.25, 0.3) is 0 Å². The Morgan fingerprint density at radius 2 is 2.33 bits per heavy atom. The second-order valence-electron chi connectivity index (χ2n) is 4.24. The summed E-state index contributed by atoms with van der Waals surface area (Å²) in [5.41, 5.74) is 0.997. The normalized spacial score (nSPS) is 12.2. The predicted molar refractivity (Wildman–Crippen MR) is 74.3 cm³/mol. The summed E-state index contributed by atoms with van der Waals surface area (Å²) in [6.45, 7) is 10.5. The quantitative estimate of drug-likeness (QED) is 0.490. The molecule has 0 aliphatic carbocycles. The fourth-order valence-corrected chi connectivity index (χ4v) is 2.73. The molecule has 18 heavy (non-hydrogen) atoms. The van der Waals surface area contributed by atoms with E-state index in [2.05, 4.69) is 6.58 Å². The van der Waals surface area contributed by atoms with Gasteiger partial charge in [-0.25, -0.2) is 0 Å². The van der Waals surface area contributed by atoms with Gasteiger partial charge in [0, 0.05) is 24.0 Å². The standard InChI is InChI=1S/C12H18N2O3S/c1-5-13(7-8(2)3)12-10(14(16)17)6-11(18-12)9(4)15/h6,9,15H,2,5,7H2,1,3-4H3. The summed E-state index contributed by atoms with van der Waals surface area (Å²) in [6, 6.07) is 1.45. The first kappa shape index (κ1) is 14.7. The van der Waals surface area contributed by atoms with Gasteiger partial charge < -0.3 is 10.0 Å². The van der Waals surface area contributed by atoms with Crippen LogP contribution in [-0.2, 0) is 0 Å². The van der Waals surface area contributed by atoms with Crippen molar-refractivity contribution in [3.05, 3.63) is 33.2 Å². The lowest BCUT2D eigenvalue weighted by Crippen LogP contribution is -2.24. The molecule has 1 atom stereocenters. The molecule has 1 rings (SSSR count). The second-order valence-corrected chi connectivity index (χ2v) is 5.31. The van der Waals surface area contributed by atoms with Crippen molar-refractivity contribution in [1.29, 1.82) is 0 Å². The van der Waals surface area contributed by atoms with Crippen molar-refractivity contribution in [3.8, 4) is 0 Å². The Hall–Kier alpha value is -1.40. The minimum atomic E-state index is -0.689. The van der Waals surface area contributed by atoms with Crippen LogP contribution in [0.3, 0.4) is 0 Å². The van der Waals surface area contributed by atoms with Gasteiger partial charge in [-0.15, -0.1) is 11.3 Å². The zero-order valence-electron chi connectivity index (χ0n) is 10.8. The topological polar surface area (TPSA) is 66.6 Å². The van der Waals surface area contributed by atoms with Gasteiger partial charge in [0.15, 0.2) is 5.00 Å². The number of aliphatic hydroxyl groups is 1. The van der Waals surface area contributed by atoms with E-state index in [1.165, 1.54) is 17.4 Å². The molecule has 0 spiro atoms. The highest BCUT2D eigenvalue weighted by molar-refractivity contribution is 7.16. The molecule has 5 nitrogen and oxygen atoms in total. The van der Waals surface area contributed by atoms with Crippen LogP contribution in [0.1, 0.15) is 31.8 Å². The van der Waals surface area contributed by atoms with E-state index in [4.69, 9.17) is 0 Å². The van der Waals surface area contributed by atoms with Crippen LogP contribution in [0.25, 0.3) is 0 Å². The third-order valence-corrected chi connectivity index (χ3v) is 3.81. The zero-order valence-corrected chi connectivity index (χ0v) is 11.7. The van der Waals surface area contributed by atoms with Crippen LogP contribution >= 0.6 is 11.3 Å². The van der Waals surface area contributed by atoms with E-state index < -0.39 is 11.0 Å². The van der Waals surface area contributed by atoms with Crippen molar-refractivity contribution in [2.75, 3.05) is 18.0 Å². The number of thiophene rings is 1. The van der Waals surface area contributed by atoms with Crippen LogP contribution in [0, 0.1) is 10.1 Å². The number of nitro groups is 1. The number of aliphatic hydroxyl groups excluding tert-OH is 1. The highest BCUT2D eigenvalue weighted by Gasteiger charge is 2.24. The van der Waals surface area contributed by atoms with Crippen molar-refractivity contribution < 1.29 is 10.0 Å². The Balaban J connectivity index is 3.18. The maximum absolute atomic E-state index is 11.0. The van der Waals surface area contributed by atoms with Gasteiger partial charge in [-0.05, 0) is 20.8 Å². The molecule has 1 unspecified atom stereocenters. The van der Waals surface area contributed by atoms with Crippen LogP contribution in [-0.4, -0.2) is 23.1 Å². The van der Waals surface area contributed by atoms with Crippen molar-refractivity contribution in [3.63, 3.8) is 0 Å². The molecule has 100 valence electrons. The van der Waals surface area contributed by atoms with E-state index in [0.29, 0.717) is 23.0 Å². The average Bonchev–Trinajstić information content (AvgIpc) is 2.70. The van der Waals surface area contributed by atoms with E-state index in [9.17, 15) is 15.2 Å². The molecule has 0 amide bonds. The highest BCUT2D eigenvalue weighted by Crippen LogP contribution is 2.40. The summed E-state index contributed by atoms with van der Waals surface area (Å²) in [5.74, 6) is 0. The van der Waals surface area contributed by atoms with Gasteiger partial charge in [-0.3, -0.25) is 10.1 Å². The van der Waals surface area contributed by atoms with Crippen LogP contribution in [0.4, 0.5) is 10.7 Å². The molecule has 0 radical (unpaired) electrons. The number of anilines is 1. The monoisotopic (exact) mass is 270 g/mol. The summed E-state index contributed by atoms with van der Waals surface area (Å²) in [7, 11) is 0. The molecule has 0 aromatic carbocycles. The van der Waals surface area contributed by atoms with Crippen molar-refractivity contribution in [2.24, 2.45) is 0 Å². The fraction of sp³-hybridized carbons (Fsp3) is 0.500. The molecule has 1 aromatic rings. The maximum Gasteiger partial charge on any atom is 0.304 e. The number of hydrogen-bond donors (Lipinski definition) is 1. The lowest BCUT2D eigenvalue weighted by molar-refractivity contribution is -0.383. The first-order valence-electron chi connectivity index (χ1n) is 5.72. The lowest BCUT2D eigenvalue weighted by Gasteiger charge is -2.20. The molecule has 6 heteroatoms.